The molecule has 0 aliphatic heterocycles. The number of carbonyl (C=O) groups excluding carboxylic acids is 2. The number of ether oxygens (including phenoxy) is 5. The molecule has 0 spiro atoms. The number of nitrogens with zero attached hydrogens (tertiary/aromatic N) is 6. The van der Waals surface area contributed by atoms with Gasteiger partial charge in [-0.3, -0.25) is 13.7 Å². The first-order valence-corrected chi connectivity index (χ1v) is 21.2. The van der Waals surface area contributed by atoms with Crippen molar-refractivity contribution >= 4 is 50.7 Å². The third-order valence-corrected chi connectivity index (χ3v) is 11.2. The number of terminal acetylenes is 1. The Labute approximate surface area is 391 Å². The maximum absolute atomic E-state index is 12.3. The van der Waals surface area contributed by atoms with Crippen molar-refractivity contribution in [3.63, 3.8) is 0 Å². The average Bonchev–Trinajstić information content (AvgIpc) is 4.10. The molecular weight excluding hydrogens is 857 g/mol. The lowest BCUT2D eigenvalue weighted by molar-refractivity contribution is -0.129. The number of rotatable bonds is 14. The molecule has 0 N–H and O–H groups in total. The Balaban J connectivity index is 1.51. The van der Waals surface area contributed by atoms with Gasteiger partial charge in [0.25, 0.3) is 0 Å². The van der Waals surface area contributed by atoms with Gasteiger partial charge in [-0.2, -0.15) is 0 Å². The number of aromatic nitrogens is 6. The van der Waals surface area contributed by atoms with Gasteiger partial charge in [0.05, 0.1) is 21.3 Å². The van der Waals surface area contributed by atoms with Crippen LogP contribution in [0.15, 0.2) is 165 Å². The molecule has 0 amide bonds. The van der Waals surface area contributed by atoms with Crippen LogP contribution in [0.4, 0.5) is 0 Å². The molecule has 13 nitrogen and oxygen atoms in total. The molecule has 0 radical (unpaired) electrons. The van der Waals surface area contributed by atoms with Crippen LogP contribution in [0.25, 0.3) is 84.3 Å². The Morgan fingerprint density at radius 3 is 1.24 bits per heavy atom. The van der Waals surface area contributed by atoms with Gasteiger partial charge in [-0.1, -0.05) is 25.2 Å². The Hall–Kier alpha value is -9.41. The smallest absolute Gasteiger partial charge is 0.335 e. The number of carbonyl (C=O) groups is 2. The van der Waals surface area contributed by atoms with Gasteiger partial charge in [0.2, 0.25) is 0 Å². The summed E-state index contributed by atoms with van der Waals surface area (Å²) in [6, 6.07) is 37.2. The fraction of sp³-hybridized carbons (Fsp3) is 0.0727. The summed E-state index contributed by atoms with van der Waals surface area (Å²) in [6.45, 7) is 9.03. The van der Waals surface area contributed by atoms with E-state index >= 15 is 0 Å². The molecule has 0 bridgehead atoms. The SMILES string of the molecule is C#C/C=C\C(=C/C)n1c(-c2ccc(OC)cc2)nc2c1c1nc(-c3ccc(OC)cc3)n(-c3ccc(OC(=O)C=C)cc3)c1c1nc(-c3ccc(OC)cc3)n(-c3ccc(OC(=O)C=C)cc3)c21. The van der Waals surface area contributed by atoms with E-state index in [1.165, 1.54) is 0 Å². The van der Waals surface area contributed by atoms with Gasteiger partial charge >= 0.3 is 11.9 Å². The summed E-state index contributed by atoms with van der Waals surface area (Å²) in [5.74, 6) is 5.88. The van der Waals surface area contributed by atoms with Gasteiger partial charge in [-0.25, -0.2) is 24.5 Å². The highest BCUT2D eigenvalue weighted by Gasteiger charge is 2.31. The Kier molecular flexibility index (Phi) is 12.0. The maximum Gasteiger partial charge on any atom is 0.335 e. The molecule has 0 aliphatic carbocycles. The van der Waals surface area contributed by atoms with Crippen molar-refractivity contribution in [2.75, 3.05) is 21.3 Å². The number of benzene rings is 6. The van der Waals surface area contributed by atoms with E-state index in [-0.39, 0.29) is 0 Å². The van der Waals surface area contributed by atoms with Gasteiger partial charge < -0.3 is 23.7 Å². The summed E-state index contributed by atoms with van der Waals surface area (Å²) in [5, 5.41) is 0. The molecule has 3 aromatic heterocycles. The number of hydrogen-bond donors (Lipinski definition) is 0. The molecule has 68 heavy (non-hydrogen) atoms. The first-order chi connectivity index (χ1) is 33.2. The predicted molar refractivity (Wildman–Crippen MR) is 265 cm³/mol. The molecular formula is C55H42N6O7. The fourth-order valence-electron chi connectivity index (χ4n) is 8.04. The van der Waals surface area contributed by atoms with Crippen molar-refractivity contribution in [3.05, 3.63) is 165 Å². The van der Waals surface area contributed by atoms with E-state index in [1.807, 2.05) is 125 Å². The highest BCUT2D eigenvalue weighted by molar-refractivity contribution is 6.22. The zero-order chi connectivity index (χ0) is 47.5. The summed E-state index contributed by atoms with van der Waals surface area (Å²) in [4.78, 5) is 41.2. The second kappa shape index (κ2) is 18.6. The molecule has 0 fully saturated rings. The minimum atomic E-state index is -0.586. The molecule has 9 rings (SSSR count). The van der Waals surface area contributed by atoms with Crippen molar-refractivity contribution in [3.8, 4) is 86.6 Å². The lowest BCUT2D eigenvalue weighted by atomic mass is 10.1. The molecule has 0 saturated heterocycles. The highest BCUT2D eigenvalue weighted by Crippen LogP contribution is 2.45. The Morgan fingerprint density at radius 2 is 0.882 bits per heavy atom. The number of methoxy groups -OCH3 is 3. The van der Waals surface area contributed by atoms with Crippen LogP contribution >= 0.6 is 0 Å². The molecule has 0 saturated carbocycles. The average molecular weight is 899 g/mol. The topological polar surface area (TPSA) is 134 Å². The highest BCUT2D eigenvalue weighted by atomic mass is 16.5. The van der Waals surface area contributed by atoms with Crippen molar-refractivity contribution < 1.29 is 33.3 Å². The summed E-state index contributed by atoms with van der Waals surface area (Å²) >= 11 is 0. The zero-order valence-electron chi connectivity index (χ0n) is 37.5. The zero-order valence-corrected chi connectivity index (χ0v) is 37.5. The van der Waals surface area contributed by atoms with Crippen molar-refractivity contribution in [2.24, 2.45) is 0 Å². The summed E-state index contributed by atoms with van der Waals surface area (Å²) in [6.07, 6.45) is 13.5. The standard InChI is InChI=1S/C55H42N6O7/c1-8-12-13-37(9-2)59-50-47(56-53(59)34-14-24-40(64-5)25-15-34)51-49(58-55(36-18-28-42(66-7)29-19-36)60(51)38-20-30-43(31-21-38)67-45(62)10-3)52-48(50)57-54(35-16-26-41(65-6)27-17-35)61(52)39-22-32-44(33-23-39)68-46(63)11-4/h1,9-33H,3-4H2,2,5-7H3/b13-12-,37-9+. The van der Waals surface area contributed by atoms with Crippen molar-refractivity contribution in [1.82, 2.24) is 28.7 Å². The largest absolute Gasteiger partial charge is 0.497 e. The van der Waals surface area contributed by atoms with Gasteiger partial charge in [-0.05, 0) is 140 Å². The normalized spacial score (nSPS) is 11.5. The van der Waals surface area contributed by atoms with Gasteiger partial charge in [-0.15, -0.1) is 6.42 Å². The first kappa shape index (κ1) is 43.8. The minimum Gasteiger partial charge on any atom is -0.497 e. The molecule has 0 aliphatic rings. The predicted octanol–water partition coefficient (Wildman–Crippen LogP) is 11.0. The van der Waals surface area contributed by atoms with Crippen LogP contribution in [0, 0.1) is 12.3 Å². The first-order valence-electron chi connectivity index (χ1n) is 21.2. The van der Waals surface area contributed by atoms with Crippen LogP contribution in [-0.4, -0.2) is 61.9 Å². The Bertz CT molecular complexity index is 3420. The van der Waals surface area contributed by atoms with Crippen molar-refractivity contribution in [1.29, 1.82) is 0 Å². The number of esters is 2. The maximum atomic E-state index is 12.3. The van der Waals surface area contributed by atoms with Crippen LogP contribution < -0.4 is 23.7 Å². The number of hydrogen-bond acceptors (Lipinski definition) is 10. The summed E-state index contributed by atoms with van der Waals surface area (Å²) in [5.41, 5.74) is 8.03. The summed E-state index contributed by atoms with van der Waals surface area (Å²) < 4.78 is 33.9. The number of fused-ring (bicyclic) bond motifs is 6. The molecule has 3 heterocycles. The van der Waals surface area contributed by atoms with E-state index < -0.39 is 11.9 Å². The van der Waals surface area contributed by atoms with Crippen LogP contribution in [0.1, 0.15) is 6.92 Å². The molecule has 6 aromatic carbocycles. The van der Waals surface area contributed by atoms with Crippen LogP contribution in [0.5, 0.6) is 28.7 Å². The van der Waals surface area contributed by atoms with Crippen LogP contribution in [0.2, 0.25) is 0 Å². The van der Waals surface area contributed by atoms with E-state index in [9.17, 15) is 9.59 Å². The third kappa shape index (κ3) is 7.92. The lowest BCUT2D eigenvalue weighted by Crippen LogP contribution is -2.04. The van der Waals surface area contributed by atoms with Crippen molar-refractivity contribution in [2.45, 2.75) is 6.92 Å². The Morgan fingerprint density at radius 1 is 0.529 bits per heavy atom. The van der Waals surface area contributed by atoms with E-state index in [2.05, 4.69) is 23.6 Å². The van der Waals surface area contributed by atoms with Crippen LogP contribution in [0.3, 0.4) is 0 Å². The molecule has 13 heteroatoms. The van der Waals surface area contributed by atoms with E-state index in [0.717, 1.165) is 34.5 Å². The van der Waals surface area contributed by atoms with Gasteiger partial charge in [0.15, 0.2) is 0 Å². The van der Waals surface area contributed by atoms with Gasteiger partial charge in [0, 0.05) is 45.9 Å². The van der Waals surface area contributed by atoms with E-state index in [1.54, 1.807) is 51.7 Å². The van der Waals surface area contributed by atoms with Gasteiger partial charge in [0.1, 0.15) is 79.3 Å². The van der Waals surface area contributed by atoms with Crippen LogP contribution in [-0.2, 0) is 9.59 Å². The molecule has 0 atom stereocenters. The lowest BCUT2D eigenvalue weighted by Gasteiger charge is -2.13. The summed E-state index contributed by atoms with van der Waals surface area (Å²) in [7, 11) is 4.85. The van der Waals surface area contributed by atoms with E-state index in [4.69, 9.17) is 45.1 Å². The quantitative estimate of drug-likeness (QED) is 0.0341. The third-order valence-electron chi connectivity index (χ3n) is 11.2. The molecule has 9 aromatic rings. The molecule has 334 valence electrons. The number of allylic oxidation sites excluding steroid dienone is 4. The van der Waals surface area contributed by atoms with E-state index in [0.29, 0.717) is 90.7 Å². The number of imidazole rings is 3. The minimum absolute atomic E-state index is 0.329. The second-order valence-electron chi connectivity index (χ2n) is 15.0. The molecule has 0 unspecified atom stereocenters. The second-order valence-corrected chi connectivity index (χ2v) is 15.0. The monoisotopic (exact) mass is 898 g/mol. The fourth-order valence-corrected chi connectivity index (χ4v) is 8.04.